The highest BCUT2D eigenvalue weighted by Crippen LogP contribution is 2.04. The summed E-state index contributed by atoms with van der Waals surface area (Å²) in [7, 11) is -3.62. The van der Waals surface area contributed by atoms with Gasteiger partial charge in [0.25, 0.3) is 10.0 Å². The predicted octanol–water partition coefficient (Wildman–Crippen LogP) is 0.0461. The standard InChI is InChI=1S/C9H15N3O4S/c1-2-12-6-8(10-7-12)17(15,16)11-5-3-4-9(13)14/h6-7,11H,2-5H2,1H3,(H,13,14). The largest absolute Gasteiger partial charge is 0.481 e. The second kappa shape index (κ2) is 5.78. The highest BCUT2D eigenvalue weighted by molar-refractivity contribution is 7.89. The average molecular weight is 261 g/mol. The van der Waals surface area contributed by atoms with Crippen molar-refractivity contribution in [1.82, 2.24) is 14.3 Å². The summed E-state index contributed by atoms with van der Waals surface area (Å²) >= 11 is 0. The monoisotopic (exact) mass is 261 g/mol. The minimum atomic E-state index is -3.62. The number of carbonyl (C=O) groups is 1. The Labute approximate surface area is 99.5 Å². The van der Waals surface area contributed by atoms with Gasteiger partial charge in [0.1, 0.15) is 0 Å². The number of nitrogens with zero attached hydrogens (tertiary/aromatic N) is 2. The minimum Gasteiger partial charge on any atom is -0.481 e. The third kappa shape index (κ3) is 4.16. The Hall–Kier alpha value is -1.41. The van der Waals surface area contributed by atoms with Gasteiger partial charge in [0.05, 0.1) is 6.33 Å². The first-order chi connectivity index (χ1) is 7.95. The highest BCUT2D eigenvalue weighted by Gasteiger charge is 2.16. The fourth-order valence-electron chi connectivity index (χ4n) is 1.17. The number of hydrogen-bond donors (Lipinski definition) is 2. The number of rotatable bonds is 7. The van der Waals surface area contributed by atoms with E-state index in [4.69, 9.17) is 5.11 Å². The van der Waals surface area contributed by atoms with E-state index in [-0.39, 0.29) is 24.4 Å². The molecule has 1 rings (SSSR count). The average Bonchev–Trinajstić information content (AvgIpc) is 2.73. The van der Waals surface area contributed by atoms with Crippen LogP contribution in [0.5, 0.6) is 0 Å². The van der Waals surface area contributed by atoms with E-state index in [1.807, 2.05) is 6.92 Å². The number of carboxylic acid groups (broad SMARTS) is 1. The zero-order valence-electron chi connectivity index (χ0n) is 9.46. The molecule has 7 nitrogen and oxygen atoms in total. The van der Waals surface area contributed by atoms with Gasteiger partial charge in [0.15, 0.2) is 5.03 Å². The van der Waals surface area contributed by atoms with E-state index in [0.29, 0.717) is 6.54 Å². The molecular formula is C9H15N3O4S. The quantitative estimate of drug-likeness (QED) is 0.675. The van der Waals surface area contributed by atoms with Crippen LogP contribution in [0.3, 0.4) is 0 Å². The molecule has 1 aromatic heterocycles. The Bertz CT molecular complexity index is 480. The van der Waals surface area contributed by atoms with Gasteiger partial charge in [0, 0.05) is 25.7 Å². The summed E-state index contributed by atoms with van der Waals surface area (Å²) in [5, 5.41) is 8.36. The maximum Gasteiger partial charge on any atom is 0.303 e. The van der Waals surface area contributed by atoms with Crippen LogP contribution in [0.1, 0.15) is 19.8 Å². The third-order valence-corrected chi connectivity index (χ3v) is 3.46. The van der Waals surface area contributed by atoms with Crippen LogP contribution in [0.25, 0.3) is 0 Å². The first-order valence-electron chi connectivity index (χ1n) is 5.19. The maximum absolute atomic E-state index is 11.7. The van der Waals surface area contributed by atoms with E-state index in [1.54, 1.807) is 4.57 Å². The lowest BCUT2D eigenvalue weighted by Gasteiger charge is -2.02. The second-order valence-electron chi connectivity index (χ2n) is 3.44. The van der Waals surface area contributed by atoms with E-state index in [2.05, 4.69) is 9.71 Å². The topological polar surface area (TPSA) is 101 Å². The third-order valence-electron chi connectivity index (χ3n) is 2.11. The summed E-state index contributed by atoms with van der Waals surface area (Å²) in [6.07, 6.45) is 3.06. The van der Waals surface area contributed by atoms with Crippen LogP contribution in [0.15, 0.2) is 17.6 Å². The van der Waals surface area contributed by atoms with Crippen LogP contribution in [0.2, 0.25) is 0 Å². The summed E-state index contributed by atoms with van der Waals surface area (Å²) in [5.41, 5.74) is 0. The van der Waals surface area contributed by atoms with Crippen molar-refractivity contribution in [2.24, 2.45) is 0 Å². The van der Waals surface area contributed by atoms with Gasteiger partial charge in [-0.15, -0.1) is 0 Å². The molecule has 1 heterocycles. The molecule has 96 valence electrons. The molecule has 0 spiro atoms. The zero-order chi connectivity index (χ0) is 12.9. The minimum absolute atomic E-state index is 0.0466. The van der Waals surface area contributed by atoms with E-state index >= 15 is 0 Å². The summed E-state index contributed by atoms with van der Waals surface area (Å²) in [4.78, 5) is 14.0. The van der Waals surface area contributed by atoms with Gasteiger partial charge in [-0.25, -0.2) is 18.1 Å². The second-order valence-corrected chi connectivity index (χ2v) is 5.15. The first kappa shape index (κ1) is 13.7. The molecule has 0 saturated heterocycles. The molecule has 0 saturated carbocycles. The van der Waals surface area contributed by atoms with Crippen molar-refractivity contribution in [3.8, 4) is 0 Å². The van der Waals surface area contributed by atoms with E-state index < -0.39 is 16.0 Å². The SMILES string of the molecule is CCn1cnc(S(=O)(=O)NCCCC(=O)O)c1. The fourth-order valence-corrected chi connectivity index (χ4v) is 2.19. The van der Waals surface area contributed by atoms with Gasteiger partial charge >= 0.3 is 5.97 Å². The molecule has 2 N–H and O–H groups in total. The van der Waals surface area contributed by atoms with E-state index in [1.165, 1.54) is 12.5 Å². The van der Waals surface area contributed by atoms with Gasteiger partial charge in [-0.3, -0.25) is 4.79 Å². The fraction of sp³-hybridized carbons (Fsp3) is 0.556. The van der Waals surface area contributed by atoms with Gasteiger partial charge in [-0.05, 0) is 13.3 Å². The van der Waals surface area contributed by atoms with Gasteiger partial charge in [-0.2, -0.15) is 0 Å². The normalized spacial score (nSPS) is 11.6. The van der Waals surface area contributed by atoms with Gasteiger partial charge in [0.2, 0.25) is 0 Å². The highest BCUT2D eigenvalue weighted by atomic mass is 32.2. The van der Waals surface area contributed by atoms with Crippen molar-refractivity contribution in [2.45, 2.75) is 31.3 Å². The lowest BCUT2D eigenvalue weighted by Crippen LogP contribution is -2.25. The van der Waals surface area contributed by atoms with Crippen LogP contribution >= 0.6 is 0 Å². The number of imidazole rings is 1. The summed E-state index contributed by atoms with van der Waals surface area (Å²) < 4.78 is 27.3. The van der Waals surface area contributed by atoms with E-state index in [9.17, 15) is 13.2 Å². The molecule has 0 aliphatic carbocycles. The van der Waals surface area contributed by atoms with Crippen molar-refractivity contribution in [2.75, 3.05) is 6.54 Å². The molecule has 0 aliphatic rings. The number of carboxylic acids is 1. The Morgan fingerprint density at radius 3 is 2.82 bits per heavy atom. The van der Waals surface area contributed by atoms with Crippen molar-refractivity contribution < 1.29 is 18.3 Å². The Kier molecular flexibility index (Phi) is 4.64. The van der Waals surface area contributed by atoms with Crippen molar-refractivity contribution in [1.29, 1.82) is 0 Å². The molecule has 0 aliphatic heterocycles. The number of aliphatic carboxylic acids is 1. The van der Waals surface area contributed by atoms with Crippen LogP contribution in [0, 0.1) is 0 Å². The number of aryl methyl sites for hydroxylation is 1. The molecule has 1 aromatic rings. The molecule has 0 fully saturated rings. The molecule has 0 radical (unpaired) electrons. The first-order valence-corrected chi connectivity index (χ1v) is 6.67. The molecule has 0 aromatic carbocycles. The summed E-state index contributed by atoms with van der Waals surface area (Å²) in [5.74, 6) is -0.945. The number of hydrogen-bond acceptors (Lipinski definition) is 4. The van der Waals surface area contributed by atoms with Crippen LogP contribution in [-0.4, -0.2) is 35.6 Å². The number of nitrogens with one attached hydrogen (secondary N) is 1. The molecule has 0 bridgehead atoms. The van der Waals surface area contributed by atoms with Gasteiger partial charge in [-0.1, -0.05) is 0 Å². The number of sulfonamides is 1. The lowest BCUT2D eigenvalue weighted by atomic mass is 10.3. The van der Waals surface area contributed by atoms with Crippen LogP contribution < -0.4 is 4.72 Å². The zero-order valence-corrected chi connectivity index (χ0v) is 10.3. The molecule has 0 amide bonds. The van der Waals surface area contributed by atoms with Gasteiger partial charge < -0.3 is 9.67 Å². The Morgan fingerprint density at radius 2 is 2.29 bits per heavy atom. The molecule has 8 heteroatoms. The molecular weight excluding hydrogens is 246 g/mol. The molecule has 0 atom stereocenters. The van der Waals surface area contributed by atoms with Crippen LogP contribution in [-0.2, 0) is 21.4 Å². The Morgan fingerprint density at radius 1 is 1.59 bits per heavy atom. The molecule has 17 heavy (non-hydrogen) atoms. The van der Waals surface area contributed by atoms with Crippen molar-refractivity contribution in [3.05, 3.63) is 12.5 Å². The summed E-state index contributed by atoms with van der Waals surface area (Å²) in [6, 6.07) is 0. The van der Waals surface area contributed by atoms with Crippen molar-refractivity contribution >= 4 is 16.0 Å². The van der Waals surface area contributed by atoms with Crippen molar-refractivity contribution in [3.63, 3.8) is 0 Å². The predicted molar refractivity (Wildman–Crippen MR) is 60.0 cm³/mol. The lowest BCUT2D eigenvalue weighted by molar-refractivity contribution is -0.137. The number of aromatic nitrogens is 2. The Balaban J connectivity index is 2.53. The van der Waals surface area contributed by atoms with Crippen LogP contribution in [0.4, 0.5) is 0 Å². The van der Waals surface area contributed by atoms with E-state index in [0.717, 1.165) is 0 Å². The summed E-state index contributed by atoms with van der Waals surface area (Å²) in [6.45, 7) is 2.60. The maximum atomic E-state index is 11.7. The molecule has 0 unspecified atom stereocenters. The smallest absolute Gasteiger partial charge is 0.303 e.